The number of alkyl halides is 3. The molecule has 2 amide bonds. The first kappa shape index (κ1) is 22.6. The fraction of sp³-hybridized carbons (Fsp3) is 0.263. The van der Waals surface area contributed by atoms with Gasteiger partial charge in [-0.1, -0.05) is 18.2 Å². The highest BCUT2D eigenvalue weighted by atomic mass is 32.2. The Morgan fingerprint density at radius 2 is 1.90 bits per heavy atom. The number of ether oxygens (including phenoxy) is 1. The van der Waals surface area contributed by atoms with Crippen LogP contribution in [-0.2, 0) is 14.8 Å². The monoisotopic (exact) mass is 457 g/mol. The van der Waals surface area contributed by atoms with Crippen LogP contribution in [0.25, 0.3) is 0 Å². The van der Waals surface area contributed by atoms with E-state index in [4.69, 9.17) is 4.74 Å². The van der Waals surface area contributed by atoms with Crippen molar-refractivity contribution in [3.63, 3.8) is 0 Å². The molecule has 1 aliphatic heterocycles. The lowest BCUT2D eigenvalue weighted by Gasteiger charge is -2.26. The summed E-state index contributed by atoms with van der Waals surface area (Å²) < 4.78 is 68.6. The van der Waals surface area contributed by atoms with Crippen LogP contribution in [0.5, 0.6) is 5.75 Å². The average molecular weight is 457 g/mol. The summed E-state index contributed by atoms with van der Waals surface area (Å²) in [5, 5.41) is 4.95. The molecule has 8 nitrogen and oxygen atoms in total. The Balaban J connectivity index is 1.79. The van der Waals surface area contributed by atoms with Crippen molar-refractivity contribution in [2.45, 2.75) is 11.1 Å². The lowest BCUT2D eigenvalue weighted by molar-refractivity contribution is -0.153. The number of hydrogen-bond acceptors (Lipinski definition) is 5. The number of piperazine rings is 1. The predicted octanol–water partition coefficient (Wildman–Crippen LogP) is 2.00. The molecule has 2 N–H and O–H groups in total. The maximum Gasteiger partial charge on any atom is 0.422 e. The van der Waals surface area contributed by atoms with Crippen LogP contribution in [0.2, 0.25) is 0 Å². The standard InChI is InChI=1S/C19H18F3N3O5S/c20-19(21,22)12-30-16-7-2-1-6-15(16)24-18(27)13-4-3-5-14(10-13)31(28,29)25-9-8-23-17(26)11-25/h1-7,10H,8-9,11-12H2,(H,23,26)(H,24,27). The van der Waals surface area contributed by atoms with Crippen LogP contribution in [0.1, 0.15) is 10.4 Å². The van der Waals surface area contributed by atoms with E-state index in [1.54, 1.807) is 0 Å². The fourth-order valence-electron chi connectivity index (χ4n) is 2.82. The molecule has 1 heterocycles. The minimum atomic E-state index is -4.55. The third kappa shape index (κ3) is 5.73. The SMILES string of the molecule is O=C1CN(S(=O)(=O)c2cccc(C(=O)Nc3ccccc3OCC(F)(F)F)c2)CCN1. The number of nitrogens with zero attached hydrogens (tertiary/aromatic N) is 1. The number of carbonyl (C=O) groups is 2. The number of benzene rings is 2. The van der Waals surface area contributed by atoms with E-state index in [2.05, 4.69) is 10.6 Å². The Labute approximate surface area is 176 Å². The highest BCUT2D eigenvalue weighted by Gasteiger charge is 2.30. The molecule has 0 unspecified atom stereocenters. The minimum absolute atomic E-state index is 0.00212. The van der Waals surface area contributed by atoms with Gasteiger partial charge in [-0.05, 0) is 30.3 Å². The van der Waals surface area contributed by atoms with Crippen LogP contribution in [0.4, 0.5) is 18.9 Å². The molecule has 1 saturated heterocycles. The van der Waals surface area contributed by atoms with Crippen LogP contribution >= 0.6 is 0 Å². The third-order valence-corrected chi connectivity index (χ3v) is 6.11. The zero-order valence-electron chi connectivity index (χ0n) is 16.0. The average Bonchev–Trinajstić information content (AvgIpc) is 2.72. The molecule has 3 rings (SSSR count). The fourth-order valence-corrected chi connectivity index (χ4v) is 4.26. The Morgan fingerprint density at radius 3 is 2.61 bits per heavy atom. The summed E-state index contributed by atoms with van der Waals surface area (Å²) in [6, 6.07) is 10.7. The molecule has 12 heteroatoms. The third-order valence-electron chi connectivity index (χ3n) is 4.26. The number of amides is 2. The van der Waals surface area contributed by atoms with Crippen molar-refractivity contribution in [1.82, 2.24) is 9.62 Å². The van der Waals surface area contributed by atoms with Gasteiger partial charge in [0.25, 0.3) is 5.91 Å². The van der Waals surface area contributed by atoms with Crippen molar-refractivity contribution in [1.29, 1.82) is 0 Å². The van der Waals surface area contributed by atoms with Crippen molar-refractivity contribution in [2.75, 3.05) is 31.6 Å². The Bertz CT molecular complexity index is 1090. The van der Waals surface area contributed by atoms with Crippen LogP contribution < -0.4 is 15.4 Å². The molecular weight excluding hydrogens is 439 g/mol. The first-order valence-electron chi connectivity index (χ1n) is 9.03. The maximum atomic E-state index is 12.8. The molecular formula is C19H18F3N3O5S. The summed E-state index contributed by atoms with van der Waals surface area (Å²) in [5.74, 6) is -1.35. The van der Waals surface area contributed by atoms with Gasteiger partial charge in [0.15, 0.2) is 6.61 Å². The van der Waals surface area contributed by atoms with E-state index >= 15 is 0 Å². The number of hydrogen-bond donors (Lipinski definition) is 2. The molecule has 166 valence electrons. The summed E-state index contributed by atoms with van der Waals surface area (Å²) in [6.07, 6.45) is -4.55. The van der Waals surface area contributed by atoms with E-state index in [0.29, 0.717) is 0 Å². The highest BCUT2D eigenvalue weighted by Crippen LogP contribution is 2.27. The second-order valence-electron chi connectivity index (χ2n) is 6.57. The molecule has 0 atom stereocenters. The Hall–Kier alpha value is -3.12. The summed E-state index contributed by atoms with van der Waals surface area (Å²) in [4.78, 5) is 23.9. The molecule has 0 aromatic heterocycles. The van der Waals surface area contributed by atoms with Crippen molar-refractivity contribution in [2.24, 2.45) is 0 Å². The molecule has 0 radical (unpaired) electrons. The number of sulfonamides is 1. The number of nitrogens with one attached hydrogen (secondary N) is 2. The normalized spacial score (nSPS) is 15.3. The topological polar surface area (TPSA) is 105 Å². The Morgan fingerprint density at radius 1 is 1.16 bits per heavy atom. The second kappa shape index (κ2) is 8.94. The largest absolute Gasteiger partial charge is 0.482 e. The van der Waals surface area contributed by atoms with Gasteiger partial charge >= 0.3 is 6.18 Å². The number of halogens is 3. The molecule has 0 aliphatic carbocycles. The Kier molecular flexibility index (Phi) is 6.51. The van der Waals surface area contributed by atoms with Crippen molar-refractivity contribution < 1.29 is 35.9 Å². The summed E-state index contributed by atoms with van der Waals surface area (Å²) in [5.41, 5.74) is -0.0362. The smallest absolute Gasteiger partial charge is 0.422 e. The van der Waals surface area contributed by atoms with Gasteiger partial charge in [0, 0.05) is 18.7 Å². The van der Waals surface area contributed by atoms with Gasteiger partial charge in [0.1, 0.15) is 5.75 Å². The molecule has 31 heavy (non-hydrogen) atoms. The van der Waals surface area contributed by atoms with Gasteiger partial charge in [-0.2, -0.15) is 17.5 Å². The first-order valence-corrected chi connectivity index (χ1v) is 10.5. The molecule has 1 aliphatic rings. The second-order valence-corrected chi connectivity index (χ2v) is 8.51. The molecule has 2 aromatic rings. The molecule has 0 spiro atoms. The summed E-state index contributed by atoms with van der Waals surface area (Å²) in [6.45, 7) is -1.60. The van der Waals surface area contributed by atoms with Gasteiger partial charge in [-0.3, -0.25) is 9.59 Å². The van der Waals surface area contributed by atoms with E-state index < -0.39 is 34.6 Å². The zero-order valence-corrected chi connectivity index (χ0v) is 16.8. The van der Waals surface area contributed by atoms with E-state index in [9.17, 15) is 31.2 Å². The first-order chi connectivity index (χ1) is 14.6. The van der Waals surface area contributed by atoms with Gasteiger partial charge in [-0.25, -0.2) is 8.42 Å². The molecule has 2 aromatic carbocycles. The summed E-state index contributed by atoms with van der Waals surface area (Å²) in [7, 11) is -4.01. The predicted molar refractivity (Wildman–Crippen MR) is 104 cm³/mol. The van der Waals surface area contributed by atoms with Crippen molar-refractivity contribution in [3.05, 3.63) is 54.1 Å². The van der Waals surface area contributed by atoms with E-state index in [1.807, 2.05) is 0 Å². The van der Waals surface area contributed by atoms with Gasteiger partial charge in [-0.15, -0.1) is 0 Å². The van der Waals surface area contributed by atoms with Crippen LogP contribution in [-0.4, -0.2) is 57.0 Å². The quantitative estimate of drug-likeness (QED) is 0.691. The number of carbonyl (C=O) groups excluding carboxylic acids is 2. The number of rotatable bonds is 6. The molecule has 1 fully saturated rings. The lowest BCUT2D eigenvalue weighted by atomic mass is 10.2. The lowest BCUT2D eigenvalue weighted by Crippen LogP contribution is -2.49. The van der Waals surface area contributed by atoms with Gasteiger partial charge < -0.3 is 15.4 Å². The number of para-hydroxylation sites is 2. The summed E-state index contributed by atoms with van der Waals surface area (Å²) >= 11 is 0. The van der Waals surface area contributed by atoms with Crippen LogP contribution in [0.3, 0.4) is 0 Å². The number of anilines is 1. The molecule has 0 saturated carbocycles. The van der Waals surface area contributed by atoms with Gasteiger partial charge in [0.2, 0.25) is 15.9 Å². The van der Waals surface area contributed by atoms with Crippen molar-refractivity contribution >= 4 is 27.5 Å². The highest BCUT2D eigenvalue weighted by molar-refractivity contribution is 7.89. The van der Waals surface area contributed by atoms with Crippen molar-refractivity contribution in [3.8, 4) is 5.75 Å². The van der Waals surface area contributed by atoms with Crippen LogP contribution in [0.15, 0.2) is 53.4 Å². The van der Waals surface area contributed by atoms with E-state index in [-0.39, 0.29) is 41.5 Å². The van der Waals surface area contributed by atoms with Gasteiger partial charge in [0.05, 0.1) is 17.1 Å². The maximum absolute atomic E-state index is 12.8. The van der Waals surface area contributed by atoms with Crippen LogP contribution in [0, 0.1) is 0 Å². The van der Waals surface area contributed by atoms with E-state index in [0.717, 1.165) is 10.4 Å². The van der Waals surface area contributed by atoms with E-state index in [1.165, 1.54) is 42.5 Å². The molecule has 0 bridgehead atoms. The zero-order chi connectivity index (χ0) is 22.6. The minimum Gasteiger partial charge on any atom is -0.482 e.